The Balaban J connectivity index is 1.60. The van der Waals surface area contributed by atoms with E-state index in [4.69, 9.17) is 0 Å². The Morgan fingerprint density at radius 3 is 2.44 bits per heavy atom. The molecule has 1 aromatic rings. The third-order valence-electron chi connectivity index (χ3n) is 3.42. The number of rotatable bonds is 5. The minimum atomic E-state index is 1.05. The zero-order chi connectivity index (χ0) is 12.8. The predicted molar refractivity (Wildman–Crippen MR) is 81.2 cm³/mol. The molecule has 1 N–H and O–H groups in total. The number of anilines is 1. The van der Waals surface area contributed by atoms with Crippen molar-refractivity contribution in [2.75, 3.05) is 51.6 Å². The van der Waals surface area contributed by atoms with Gasteiger partial charge in [-0.15, -0.1) is 0 Å². The first-order valence-electron chi connectivity index (χ1n) is 6.64. The van der Waals surface area contributed by atoms with Crippen molar-refractivity contribution >= 4 is 21.6 Å². The van der Waals surface area contributed by atoms with Gasteiger partial charge in [-0.25, -0.2) is 0 Å². The molecule has 0 unspecified atom stereocenters. The lowest BCUT2D eigenvalue weighted by molar-refractivity contribution is 0.154. The lowest BCUT2D eigenvalue weighted by atomic mass is 10.3. The van der Waals surface area contributed by atoms with Crippen LogP contribution in [0.5, 0.6) is 0 Å². The highest BCUT2D eigenvalue weighted by molar-refractivity contribution is 9.10. The molecule has 18 heavy (non-hydrogen) atoms. The quantitative estimate of drug-likeness (QED) is 0.843. The molecule has 3 nitrogen and oxygen atoms in total. The molecule has 1 fully saturated rings. The van der Waals surface area contributed by atoms with Gasteiger partial charge in [-0.1, -0.05) is 15.9 Å². The molecule has 0 aliphatic carbocycles. The van der Waals surface area contributed by atoms with Gasteiger partial charge in [0.2, 0.25) is 0 Å². The normalized spacial score (nSPS) is 17.9. The number of piperazine rings is 1. The van der Waals surface area contributed by atoms with Gasteiger partial charge < -0.3 is 15.1 Å². The van der Waals surface area contributed by atoms with Gasteiger partial charge in [0.1, 0.15) is 0 Å². The number of benzene rings is 1. The van der Waals surface area contributed by atoms with Gasteiger partial charge in [0, 0.05) is 42.9 Å². The second kappa shape index (κ2) is 7.12. The predicted octanol–water partition coefficient (Wildman–Crippen LogP) is 2.50. The maximum absolute atomic E-state index is 3.46. The number of halogens is 1. The molecule has 1 aliphatic rings. The molecule has 2 rings (SSSR count). The van der Waals surface area contributed by atoms with Crippen LogP contribution in [0.15, 0.2) is 28.7 Å². The van der Waals surface area contributed by atoms with Crippen LogP contribution in [0, 0.1) is 0 Å². The fourth-order valence-corrected chi connectivity index (χ4v) is 2.44. The molecule has 1 aromatic carbocycles. The number of nitrogens with one attached hydrogen (secondary N) is 1. The summed E-state index contributed by atoms with van der Waals surface area (Å²) < 4.78 is 1.13. The van der Waals surface area contributed by atoms with Crippen LogP contribution in [0.1, 0.15) is 6.42 Å². The maximum atomic E-state index is 3.46. The van der Waals surface area contributed by atoms with Crippen LogP contribution in [0.4, 0.5) is 5.69 Å². The monoisotopic (exact) mass is 311 g/mol. The van der Waals surface area contributed by atoms with Gasteiger partial charge in [-0.3, -0.25) is 0 Å². The Morgan fingerprint density at radius 1 is 1.11 bits per heavy atom. The van der Waals surface area contributed by atoms with Crippen molar-refractivity contribution in [2.45, 2.75) is 6.42 Å². The SMILES string of the molecule is CN1CCN(CCCNc2ccc(Br)cc2)CC1. The van der Waals surface area contributed by atoms with E-state index in [1.54, 1.807) is 0 Å². The van der Waals surface area contributed by atoms with E-state index in [2.05, 4.69) is 62.4 Å². The number of likely N-dealkylation sites (N-methyl/N-ethyl adjacent to an activating group) is 1. The van der Waals surface area contributed by atoms with Crippen LogP contribution in [0.25, 0.3) is 0 Å². The average molecular weight is 312 g/mol. The van der Waals surface area contributed by atoms with Gasteiger partial charge in [0.15, 0.2) is 0 Å². The Bertz CT molecular complexity index is 345. The Labute approximate surface area is 118 Å². The fourth-order valence-electron chi connectivity index (χ4n) is 2.17. The van der Waals surface area contributed by atoms with Crippen LogP contribution in [-0.4, -0.2) is 56.1 Å². The summed E-state index contributed by atoms with van der Waals surface area (Å²) in [4.78, 5) is 4.96. The first-order valence-corrected chi connectivity index (χ1v) is 7.44. The molecular weight excluding hydrogens is 290 g/mol. The summed E-state index contributed by atoms with van der Waals surface area (Å²) in [7, 11) is 2.20. The van der Waals surface area contributed by atoms with Crippen molar-refractivity contribution in [2.24, 2.45) is 0 Å². The third-order valence-corrected chi connectivity index (χ3v) is 3.95. The molecule has 4 heteroatoms. The van der Waals surface area contributed by atoms with Crippen molar-refractivity contribution in [1.82, 2.24) is 9.80 Å². The number of hydrogen-bond acceptors (Lipinski definition) is 3. The van der Waals surface area contributed by atoms with Crippen LogP contribution in [0.3, 0.4) is 0 Å². The van der Waals surface area contributed by atoms with E-state index >= 15 is 0 Å². The molecule has 1 heterocycles. The molecule has 1 saturated heterocycles. The standard InChI is InChI=1S/C14H22BrN3/c1-17-9-11-18(12-10-17)8-2-7-16-14-5-3-13(15)4-6-14/h3-6,16H,2,7-12H2,1H3. The van der Waals surface area contributed by atoms with Crippen molar-refractivity contribution in [3.8, 4) is 0 Å². The van der Waals surface area contributed by atoms with E-state index in [0.29, 0.717) is 0 Å². The summed E-state index contributed by atoms with van der Waals surface area (Å²) in [6, 6.07) is 8.37. The van der Waals surface area contributed by atoms with Gasteiger partial charge in [-0.05, 0) is 44.3 Å². The van der Waals surface area contributed by atoms with E-state index in [-0.39, 0.29) is 0 Å². The Hall–Kier alpha value is -0.580. The van der Waals surface area contributed by atoms with Crippen LogP contribution < -0.4 is 5.32 Å². The summed E-state index contributed by atoms with van der Waals surface area (Å²) in [6.45, 7) is 7.11. The highest BCUT2D eigenvalue weighted by Crippen LogP contribution is 2.13. The molecule has 0 atom stereocenters. The Morgan fingerprint density at radius 2 is 1.78 bits per heavy atom. The molecule has 0 amide bonds. The van der Waals surface area contributed by atoms with Crippen molar-refractivity contribution < 1.29 is 0 Å². The molecule has 100 valence electrons. The van der Waals surface area contributed by atoms with Crippen LogP contribution in [0.2, 0.25) is 0 Å². The molecule has 1 aliphatic heterocycles. The summed E-state index contributed by atoms with van der Waals surface area (Å²) >= 11 is 3.45. The van der Waals surface area contributed by atoms with E-state index < -0.39 is 0 Å². The third kappa shape index (κ3) is 4.59. The van der Waals surface area contributed by atoms with Gasteiger partial charge in [-0.2, -0.15) is 0 Å². The lowest BCUT2D eigenvalue weighted by Gasteiger charge is -2.32. The highest BCUT2D eigenvalue weighted by Gasteiger charge is 2.12. The van der Waals surface area contributed by atoms with Gasteiger partial charge in [0.25, 0.3) is 0 Å². The zero-order valence-corrected chi connectivity index (χ0v) is 12.6. The zero-order valence-electron chi connectivity index (χ0n) is 11.0. The van der Waals surface area contributed by atoms with Crippen molar-refractivity contribution in [3.63, 3.8) is 0 Å². The second-order valence-corrected chi connectivity index (χ2v) is 5.85. The molecule has 0 saturated carbocycles. The summed E-state index contributed by atoms with van der Waals surface area (Å²) in [5, 5.41) is 3.46. The van der Waals surface area contributed by atoms with E-state index in [9.17, 15) is 0 Å². The summed E-state index contributed by atoms with van der Waals surface area (Å²) in [5.41, 5.74) is 1.21. The second-order valence-electron chi connectivity index (χ2n) is 4.93. The average Bonchev–Trinajstić information content (AvgIpc) is 2.39. The fraction of sp³-hybridized carbons (Fsp3) is 0.571. The molecule has 0 spiro atoms. The minimum absolute atomic E-state index is 1.05. The molecule has 0 radical (unpaired) electrons. The maximum Gasteiger partial charge on any atom is 0.0340 e. The molecule has 0 aromatic heterocycles. The summed E-state index contributed by atoms with van der Waals surface area (Å²) in [5.74, 6) is 0. The first kappa shape index (κ1) is 13.8. The Kier molecular flexibility index (Phi) is 5.47. The topological polar surface area (TPSA) is 18.5 Å². The van der Waals surface area contributed by atoms with Crippen molar-refractivity contribution in [3.05, 3.63) is 28.7 Å². The van der Waals surface area contributed by atoms with Crippen LogP contribution >= 0.6 is 15.9 Å². The lowest BCUT2D eigenvalue weighted by Crippen LogP contribution is -2.44. The van der Waals surface area contributed by atoms with E-state index in [0.717, 1.165) is 11.0 Å². The largest absolute Gasteiger partial charge is 0.385 e. The van der Waals surface area contributed by atoms with E-state index in [1.807, 2.05) is 0 Å². The van der Waals surface area contributed by atoms with Crippen molar-refractivity contribution in [1.29, 1.82) is 0 Å². The number of hydrogen-bond donors (Lipinski definition) is 1. The highest BCUT2D eigenvalue weighted by atomic mass is 79.9. The smallest absolute Gasteiger partial charge is 0.0340 e. The molecule has 0 bridgehead atoms. The van der Waals surface area contributed by atoms with Gasteiger partial charge >= 0.3 is 0 Å². The van der Waals surface area contributed by atoms with Crippen LogP contribution in [-0.2, 0) is 0 Å². The number of nitrogens with zero attached hydrogens (tertiary/aromatic N) is 2. The van der Waals surface area contributed by atoms with E-state index in [1.165, 1.54) is 44.8 Å². The summed E-state index contributed by atoms with van der Waals surface area (Å²) in [6.07, 6.45) is 1.21. The minimum Gasteiger partial charge on any atom is -0.385 e. The molecular formula is C14H22BrN3. The first-order chi connectivity index (χ1) is 8.74. The van der Waals surface area contributed by atoms with Gasteiger partial charge in [0.05, 0.1) is 0 Å².